The van der Waals surface area contributed by atoms with Crippen molar-refractivity contribution in [3.05, 3.63) is 50.9 Å². The zero-order valence-corrected chi connectivity index (χ0v) is 18.2. The highest BCUT2D eigenvalue weighted by Gasteiger charge is 2.21. The summed E-state index contributed by atoms with van der Waals surface area (Å²) in [6.07, 6.45) is 0. The molecule has 1 atom stereocenters. The number of hydrogen-bond acceptors (Lipinski definition) is 8. The molecule has 160 valence electrons. The van der Waals surface area contributed by atoms with Crippen LogP contribution in [0, 0.1) is 6.92 Å². The Labute approximate surface area is 178 Å². The van der Waals surface area contributed by atoms with E-state index in [9.17, 15) is 9.59 Å². The van der Waals surface area contributed by atoms with E-state index >= 15 is 0 Å². The minimum Gasteiger partial charge on any atom is -0.493 e. The first-order chi connectivity index (χ1) is 14.5. The number of fused-ring (bicyclic) bond motifs is 1. The maximum absolute atomic E-state index is 12.6. The summed E-state index contributed by atoms with van der Waals surface area (Å²) in [7, 11) is 1.60. The van der Waals surface area contributed by atoms with Gasteiger partial charge in [-0.1, -0.05) is 12.1 Å². The van der Waals surface area contributed by atoms with Crippen LogP contribution in [-0.2, 0) is 4.74 Å². The summed E-state index contributed by atoms with van der Waals surface area (Å²) in [5.74, 6) is 1.41. The van der Waals surface area contributed by atoms with E-state index in [0.717, 1.165) is 0 Å². The Morgan fingerprint density at radius 2 is 2.03 bits per heavy atom. The van der Waals surface area contributed by atoms with Crippen molar-refractivity contribution in [1.29, 1.82) is 0 Å². The van der Waals surface area contributed by atoms with Crippen LogP contribution in [0.2, 0.25) is 0 Å². The van der Waals surface area contributed by atoms with Gasteiger partial charge in [0.25, 0.3) is 5.56 Å². The molecular weight excluding hydrogens is 406 g/mol. The second kappa shape index (κ2) is 9.73. The summed E-state index contributed by atoms with van der Waals surface area (Å²) in [6.45, 7) is 6.62. The lowest BCUT2D eigenvalue weighted by atomic mass is 10.2. The number of thiophene rings is 1. The molecule has 2 heterocycles. The van der Waals surface area contributed by atoms with Crippen LogP contribution in [0.1, 0.15) is 40.9 Å². The summed E-state index contributed by atoms with van der Waals surface area (Å²) in [5.41, 5.74) is 0.331. The third kappa shape index (κ3) is 4.63. The fourth-order valence-corrected chi connectivity index (χ4v) is 4.11. The highest BCUT2D eigenvalue weighted by molar-refractivity contribution is 7.20. The Kier molecular flexibility index (Phi) is 7.07. The first kappa shape index (κ1) is 21.8. The summed E-state index contributed by atoms with van der Waals surface area (Å²) in [4.78, 5) is 33.0. The predicted octanol–water partition coefficient (Wildman–Crippen LogP) is 3.21. The second-order valence-corrected chi connectivity index (χ2v) is 7.58. The smallest absolute Gasteiger partial charge is 0.348 e. The molecule has 2 N–H and O–H groups in total. The van der Waals surface area contributed by atoms with Crippen LogP contribution in [-0.4, -0.2) is 42.8 Å². The molecule has 0 saturated heterocycles. The van der Waals surface area contributed by atoms with E-state index in [-0.39, 0.29) is 18.2 Å². The number of H-pyrrole nitrogens is 1. The van der Waals surface area contributed by atoms with Crippen molar-refractivity contribution in [1.82, 2.24) is 15.3 Å². The topological polar surface area (TPSA) is 103 Å². The third-order valence-corrected chi connectivity index (χ3v) is 5.73. The molecule has 0 aliphatic carbocycles. The van der Waals surface area contributed by atoms with Gasteiger partial charge in [0, 0.05) is 6.54 Å². The lowest BCUT2D eigenvalue weighted by Gasteiger charge is -2.14. The van der Waals surface area contributed by atoms with Gasteiger partial charge < -0.3 is 24.5 Å². The Morgan fingerprint density at radius 3 is 2.73 bits per heavy atom. The maximum atomic E-state index is 12.6. The van der Waals surface area contributed by atoms with E-state index in [1.807, 2.05) is 31.2 Å². The number of esters is 1. The number of aromatic nitrogens is 2. The minimum atomic E-state index is -0.432. The van der Waals surface area contributed by atoms with Crippen LogP contribution in [0.3, 0.4) is 0 Å². The van der Waals surface area contributed by atoms with Gasteiger partial charge in [-0.25, -0.2) is 9.78 Å². The van der Waals surface area contributed by atoms with Crippen LogP contribution in [0.15, 0.2) is 29.1 Å². The molecule has 3 rings (SSSR count). The molecule has 9 heteroatoms. The van der Waals surface area contributed by atoms with Gasteiger partial charge in [-0.15, -0.1) is 11.3 Å². The van der Waals surface area contributed by atoms with Crippen LogP contribution in [0.4, 0.5) is 0 Å². The number of nitrogens with one attached hydrogen (secondary N) is 2. The van der Waals surface area contributed by atoms with E-state index in [2.05, 4.69) is 15.3 Å². The molecule has 0 saturated carbocycles. The number of para-hydroxylation sites is 2. The van der Waals surface area contributed by atoms with Crippen LogP contribution >= 0.6 is 11.3 Å². The van der Waals surface area contributed by atoms with Gasteiger partial charge >= 0.3 is 5.97 Å². The number of methoxy groups -OCH3 is 1. The van der Waals surface area contributed by atoms with Crippen molar-refractivity contribution in [2.75, 3.05) is 26.9 Å². The van der Waals surface area contributed by atoms with Gasteiger partial charge in [-0.2, -0.15) is 0 Å². The lowest BCUT2D eigenvalue weighted by Crippen LogP contribution is -2.27. The number of rotatable bonds is 9. The number of aryl methyl sites for hydroxylation is 1. The van der Waals surface area contributed by atoms with Gasteiger partial charge in [-0.3, -0.25) is 4.79 Å². The summed E-state index contributed by atoms with van der Waals surface area (Å²) in [6, 6.07) is 7.23. The molecule has 0 fully saturated rings. The molecule has 0 bridgehead atoms. The quantitative estimate of drug-likeness (QED) is 0.396. The van der Waals surface area contributed by atoms with Crippen LogP contribution in [0.5, 0.6) is 11.5 Å². The Hall–Kier alpha value is -2.91. The Bertz CT molecular complexity index is 1090. The zero-order chi connectivity index (χ0) is 21.7. The lowest BCUT2D eigenvalue weighted by molar-refractivity contribution is 0.0531. The van der Waals surface area contributed by atoms with Crippen LogP contribution in [0.25, 0.3) is 10.2 Å². The molecule has 3 aromatic rings. The van der Waals surface area contributed by atoms with Gasteiger partial charge in [0.2, 0.25) is 0 Å². The molecule has 0 radical (unpaired) electrons. The molecule has 8 nitrogen and oxygen atoms in total. The normalized spacial score (nSPS) is 12.0. The number of benzene rings is 1. The highest BCUT2D eigenvalue weighted by Crippen LogP contribution is 2.28. The first-order valence-corrected chi connectivity index (χ1v) is 10.5. The molecule has 0 amide bonds. The van der Waals surface area contributed by atoms with E-state index < -0.39 is 5.97 Å². The van der Waals surface area contributed by atoms with E-state index in [1.54, 1.807) is 21.0 Å². The average molecular weight is 432 g/mol. The van der Waals surface area contributed by atoms with Crippen molar-refractivity contribution in [3.63, 3.8) is 0 Å². The number of aromatic amines is 1. The minimum absolute atomic E-state index is 0.211. The molecule has 0 aliphatic heterocycles. The van der Waals surface area contributed by atoms with Crippen molar-refractivity contribution in [2.45, 2.75) is 26.8 Å². The molecule has 0 unspecified atom stereocenters. The van der Waals surface area contributed by atoms with E-state index in [0.29, 0.717) is 51.1 Å². The third-order valence-electron chi connectivity index (χ3n) is 4.57. The van der Waals surface area contributed by atoms with E-state index in [4.69, 9.17) is 14.2 Å². The predicted molar refractivity (Wildman–Crippen MR) is 116 cm³/mol. The zero-order valence-electron chi connectivity index (χ0n) is 17.4. The number of nitrogens with zero attached hydrogens (tertiary/aromatic N) is 1. The summed E-state index contributed by atoms with van der Waals surface area (Å²) >= 11 is 1.18. The van der Waals surface area contributed by atoms with Gasteiger partial charge in [-0.05, 0) is 38.5 Å². The number of ether oxygens (including phenoxy) is 3. The molecular formula is C21H25N3O5S. The number of carbonyl (C=O) groups excluding carboxylic acids is 1. The monoisotopic (exact) mass is 431 g/mol. The Balaban J connectivity index is 1.68. The molecule has 0 spiro atoms. The van der Waals surface area contributed by atoms with Gasteiger partial charge in [0.15, 0.2) is 11.5 Å². The van der Waals surface area contributed by atoms with Crippen molar-refractivity contribution in [3.8, 4) is 11.5 Å². The van der Waals surface area contributed by atoms with Crippen molar-refractivity contribution in [2.24, 2.45) is 0 Å². The maximum Gasteiger partial charge on any atom is 0.348 e. The Morgan fingerprint density at radius 1 is 1.30 bits per heavy atom. The molecule has 1 aromatic carbocycles. The first-order valence-electron chi connectivity index (χ1n) is 9.65. The molecule has 30 heavy (non-hydrogen) atoms. The summed E-state index contributed by atoms with van der Waals surface area (Å²) < 4.78 is 16.1. The second-order valence-electron chi connectivity index (χ2n) is 6.58. The highest BCUT2D eigenvalue weighted by atomic mass is 32.1. The van der Waals surface area contributed by atoms with Gasteiger partial charge in [0.05, 0.1) is 25.1 Å². The fourth-order valence-electron chi connectivity index (χ4n) is 3.03. The van der Waals surface area contributed by atoms with Gasteiger partial charge in [0.1, 0.15) is 22.1 Å². The average Bonchev–Trinajstić information content (AvgIpc) is 3.08. The fraction of sp³-hybridized carbons (Fsp3) is 0.381. The standard InChI is InChI=1S/C21H25N3O5S/c1-5-28-21(26)17-12(2)16-19(25)23-18(24-20(16)30-17)13(3)22-10-11-29-15-9-7-6-8-14(15)27-4/h6-9,13,22H,5,10-11H2,1-4H3,(H,23,24,25)/t13-/m0/s1. The molecule has 0 aliphatic rings. The molecule has 2 aromatic heterocycles. The number of hydrogen-bond donors (Lipinski definition) is 2. The largest absolute Gasteiger partial charge is 0.493 e. The SMILES string of the molecule is CCOC(=O)c1sc2nc([C@H](C)NCCOc3ccccc3OC)[nH]c(=O)c2c1C. The van der Waals surface area contributed by atoms with Crippen molar-refractivity contribution < 1.29 is 19.0 Å². The summed E-state index contributed by atoms with van der Waals surface area (Å²) in [5, 5.41) is 3.71. The van der Waals surface area contributed by atoms with Crippen molar-refractivity contribution >= 4 is 27.5 Å². The van der Waals surface area contributed by atoms with E-state index in [1.165, 1.54) is 11.3 Å². The van der Waals surface area contributed by atoms with Crippen LogP contribution < -0.4 is 20.3 Å². The number of carbonyl (C=O) groups is 1.